The van der Waals surface area contributed by atoms with E-state index in [2.05, 4.69) is 50.3 Å². The Hall–Kier alpha value is -1.63. The van der Waals surface area contributed by atoms with Crippen molar-refractivity contribution in [3.8, 4) is 0 Å². The number of ketones is 1. The van der Waals surface area contributed by atoms with Crippen molar-refractivity contribution in [3.05, 3.63) is 54.1 Å². The zero-order chi connectivity index (χ0) is 14.2. The van der Waals surface area contributed by atoms with E-state index in [-0.39, 0.29) is 10.8 Å². The molecule has 1 nitrogen and oxygen atoms in total. The van der Waals surface area contributed by atoms with Crippen LogP contribution in [0.15, 0.2) is 48.6 Å². The Morgan fingerprint density at radius 1 is 1.15 bits per heavy atom. The van der Waals surface area contributed by atoms with Crippen LogP contribution >= 0.6 is 0 Å². The smallest absolute Gasteiger partial charge is 0.143 e. The zero-order valence-corrected chi connectivity index (χ0v) is 12.3. The maximum atomic E-state index is 12.4. The topological polar surface area (TPSA) is 17.1 Å². The van der Waals surface area contributed by atoms with Crippen molar-refractivity contribution >= 4 is 11.9 Å². The molecular weight excluding hydrogens is 244 g/mol. The summed E-state index contributed by atoms with van der Waals surface area (Å²) < 4.78 is 0. The van der Waals surface area contributed by atoms with Crippen LogP contribution in [0.2, 0.25) is 0 Å². The Morgan fingerprint density at radius 2 is 1.90 bits per heavy atom. The lowest BCUT2D eigenvalue weighted by Gasteiger charge is -2.33. The minimum absolute atomic E-state index is 0.126. The van der Waals surface area contributed by atoms with Gasteiger partial charge in [0.1, 0.15) is 5.78 Å². The van der Waals surface area contributed by atoms with E-state index in [1.807, 2.05) is 18.2 Å². The van der Waals surface area contributed by atoms with E-state index in [1.165, 1.54) is 12.0 Å². The quantitative estimate of drug-likeness (QED) is 0.728. The highest BCUT2D eigenvalue weighted by Gasteiger charge is 2.62. The molecule has 0 aliphatic heterocycles. The molecule has 0 aromatic heterocycles. The van der Waals surface area contributed by atoms with Gasteiger partial charge in [0.25, 0.3) is 0 Å². The Morgan fingerprint density at radius 3 is 2.50 bits per heavy atom. The molecule has 20 heavy (non-hydrogen) atoms. The molecule has 2 aliphatic rings. The van der Waals surface area contributed by atoms with E-state index < -0.39 is 0 Å². The minimum atomic E-state index is -0.210. The first-order chi connectivity index (χ1) is 9.56. The van der Waals surface area contributed by atoms with Gasteiger partial charge in [-0.05, 0) is 29.7 Å². The van der Waals surface area contributed by atoms with Crippen molar-refractivity contribution in [1.82, 2.24) is 0 Å². The standard InChI is InChI=1S/C19H22O/c1-18(2)16-11-13-19(18,17(20)14-16)12-7-6-10-15-8-4-3-5-9-15/h3-10,12,16H,11,13-14H2,1-2H3. The summed E-state index contributed by atoms with van der Waals surface area (Å²) in [7, 11) is 0. The third-order valence-corrected chi connectivity index (χ3v) is 5.57. The molecular formula is C19H22O. The van der Waals surface area contributed by atoms with Crippen molar-refractivity contribution in [3.63, 3.8) is 0 Å². The van der Waals surface area contributed by atoms with Crippen molar-refractivity contribution < 1.29 is 4.79 Å². The highest BCUT2D eigenvalue weighted by molar-refractivity contribution is 5.91. The minimum Gasteiger partial charge on any atom is -0.299 e. The summed E-state index contributed by atoms with van der Waals surface area (Å²) in [5.41, 5.74) is 1.11. The highest BCUT2D eigenvalue weighted by atomic mass is 16.1. The highest BCUT2D eigenvalue weighted by Crippen LogP contribution is 2.64. The average Bonchev–Trinajstić information content (AvgIpc) is 2.79. The number of carbonyl (C=O) groups excluding carboxylic acids is 1. The molecule has 1 heteroatoms. The second-order valence-electron chi connectivity index (χ2n) is 6.68. The molecule has 0 amide bonds. The maximum absolute atomic E-state index is 12.4. The predicted octanol–water partition coefficient (Wildman–Crippen LogP) is 4.65. The van der Waals surface area contributed by atoms with Gasteiger partial charge >= 0.3 is 0 Å². The van der Waals surface area contributed by atoms with Gasteiger partial charge < -0.3 is 0 Å². The third-order valence-electron chi connectivity index (χ3n) is 5.57. The molecule has 0 heterocycles. The van der Waals surface area contributed by atoms with Gasteiger partial charge in [-0.25, -0.2) is 0 Å². The zero-order valence-electron chi connectivity index (χ0n) is 12.3. The summed E-state index contributed by atoms with van der Waals surface area (Å²) in [4.78, 5) is 12.4. The molecule has 1 aromatic carbocycles. The molecule has 0 radical (unpaired) electrons. The van der Waals surface area contributed by atoms with Crippen molar-refractivity contribution in [2.24, 2.45) is 16.7 Å². The number of hydrogen-bond acceptors (Lipinski definition) is 1. The summed E-state index contributed by atoms with van der Waals surface area (Å²) in [6.45, 7) is 4.53. The molecule has 2 bridgehead atoms. The number of carbonyl (C=O) groups is 1. The third kappa shape index (κ3) is 1.88. The normalized spacial score (nSPS) is 31.7. The van der Waals surface area contributed by atoms with Crippen LogP contribution in [-0.2, 0) is 4.79 Å². The van der Waals surface area contributed by atoms with Gasteiger partial charge in [0, 0.05) is 6.42 Å². The molecule has 2 aliphatic carbocycles. The van der Waals surface area contributed by atoms with Crippen molar-refractivity contribution in [2.45, 2.75) is 33.1 Å². The molecule has 0 spiro atoms. The Balaban J connectivity index is 1.79. The first kappa shape index (κ1) is 13.4. The largest absolute Gasteiger partial charge is 0.299 e. The van der Waals surface area contributed by atoms with Crippen LogP contribution < -0.4 is 0 Å². The van der Waals surface area contributed by atoms with Gasteiger partial charge in [0.2, 0.25) is 0 Å². The number of allylic oxidation sites excluding steroid dienone is 3. The lowest BCUT2D eigenvalue weighted by molar-refractivity contribution is -0.126. The van der Waals surface area contributed by atoms with Crippen LogP contribution in [0, 0.1) is 16.7 Å². The Kier molecular flexibility index (Phi) is 3.16. The summed E-state index contributed by atoms with van der Waals surface area (Å²) in [6, 6.07) is 10.3. The molecule has 0 N–H and O–H groups in total. The fraction of sp³-hybridized carbons (Fsp3) is 0.421. The summed E-state index contributed by atoms with van der Waals surface area (Å²) in [5, 5.41) is 0. The molecule has 3 rings (SSSR count). The second-order valence-corrected chi connectivity index (χ2v) is 6.68. The van der Waals surface area contributed by atoms with Crippen LogP contribution in [0.5, 0.6) is 0 Å². The van der Waals surface area contributed by atoms with Gasteiger partial charge in [-0.15, -0.1) is 0 Å². The number of Topliss-reactive ketones (excluding diaryl/α,β-unsaturated/α-hetero) is 1. The molecule has 104 valence electrons. The Bertz CT molecular complexity index is 565. The van der Waals surface area contributed by atoms with E-state index >= 15 is 0 Å². The monoisotopic (exact) mass is 266 g/mol. The number of rotatable bonds is 3. The van der Waals surface area contributed by atoms with Gasteiger partial charge in [-0.2, -0.15) is 0 Å². The second kappa shape index (κ2) is 4.73. The van der Waals surface area contributed by atoms with Crippen LogP contribution in [0.4, 0.5) is 0 Å². The predicted molar refractivity (Wildman–Crippen MR) is 83.2 cm³/mol. The molecule has 2 saturated carbocycles. The fourth-order valence-corrected chi connectivity index (χ4v) is 4.05. The first-order valence-corrected chi connectivity index (χ1v) is 7.50. The lowest BCUT2D eigenvalue weighted by Crippen LogP contribution is -2.33. The van der Waals surface area contributed by atoms with Crippen molar-refractivity contribution in [1.29, 1.82) is 0 Å². The van der Waals surface area contributed by atoms with E-state index in [4.69, 9.17) is 0 Å². The molecule has 2 unspecified atom stereocenters. The first-order valence-electron chi connectivity index (χ1n) is 7.50. The van der Waals surface area contributed by atoms with E-state index in [0.29, 0.717) is 11.7 Å². The molecule has 0 saturated heterocycles. The lowest BCUT2D eigenvalue weighted by atomic mass is 9.69. The van der Waals surface area contributed by atoms with E-state index in [9.17, 15) is 4.79 Å². The van der Waals surface area contributed by atoms with Crippen molar-refractivity contribution in [2.75, 3.05) is 0 Å². The van der Waals surface area contributed by atoms with Crippen LogP contribution in [-0.4, -0.2) is 5.78 Å². The van der Waals surface area contributed by atoms with Crippen LogP contribution in [0.1, 0.15) is 38.7 Å². The fourth-order valence-electron chi connectivity index (χ4n) is 4.05. The molecule has 2 atom stereocenters. The number of hydrogen-bond donors (Lipinski definition) is 0. The SMILES string of the molecule is CC1(C)C2CCC1(C=CC=Cc1ccccc1)C(=O)C2. The van der Waals surface area contributed by atoms with E-state index in [1.54, 1.807) is 0 Å². The Labute approximate surface area is 121 Å². The molecule has 1 aromatic rings. The van der Waals surface area contributed by atoms with Crippen LogP contribution in [0.25, 0.3) is 6.08 Å². The van der Waals surface area contributed by atoms with Gasteiger partial charge in [-0.1, -0.05) is 68.5 Å². The summed E-state index contributed by atoms with van der Waals surface area (Å²) in [6.07, 6.45) is 11.4. The maximum Gasteiger partial charge on any atom is 0.143 e. The average molecular weight is 266 g/mol. The van der Waals surface area contributed by atoms with Gasteiger partial charge in [0.05, 0.1) is 5.41 Å². The van der Waals surface area contributed by atoms with Gasteiger partial charge in [0.15, 0.2) is 0 Å². The number of fused-ring (bicyclic) bond motifs is 2. The summed E-state index contributed by atoms with van der Waals surface area (Å²) >= 11 is 0. The van der Waals surface area contributed by atoms with Crippen LogP contribution in [0.3, 0.4) is 0 Å². The number of benzene rings is 1. The van der Waals surface area contributed by atoms with E-state index in [0.717, 1.165) is 12.8 Å². The van der Waals surface area contributed by atoms with Gasteiger partial charge in [-0.3, -0.25) is 4.79 Å². The summed E-state index contributed by atoms with van der Waals surface area (Å²) in [5.74, 6) is 1.03. The molecule has 2 fully saturated rings.